The molecule has 4 N–H and O–H groups in total. The van der Waals surface area contributed by atoms with Gasteiger partial charge in [0.05, 0.1) is 0 Å². The molecule has 0 aliphatic carbocycles. The van der Waals surface area contributed by atoms with Crippen LogP contribution in [0, 0.1) is 5.92 Å². The van der Waals surface area contributed by atoms with Crippen LogP contribution >= 0.6 is 11.3 Å². The maximum Gasteiger partial charge on any atom is 0.0459 e. The molecule has 1 heterocycles. The standard InChI is InChI=1S/C9H16N2S/c1-6(2)8(10)9(11)7-3-4-12-5-7/h3-6,8-9H,10-11H2,1-2H3. The Kier molecular flexibility index (Phi) is 3.26. The van der Waals surface area contributed by atoms with Crippen LogP contribution in [0.2, 0.25) is 0 Å². The van der Waals surface area contributed by atoms with Gasteiger partial charge in [0.2, 0.25) is 0 Å². The van der Waals surface area contributed by atoms with Gasteiger partial charge in [-0.3, -0.25) is 0 Å². The van der Waals surface area contributed by atoms with E-state index < -0.39 is 0 Å². The Morgan fingerprint density at radius 2 is 2.00 bits per heavy atom. The van der Waals surface area contributed by atoms with Crippen molar-refractivity contribution < 1.29 is 0 Å². The molecule has 0 saturated heterocycles. The van der Waals surface area contributed by atoms with Crippen molar-refractivity contribution in [2.75, 3.05) is 0 Å². The molecule has 68 valence electrons. The Labute approximate surface area is 77.6 Å². The van der Waals surface area contributed by atoms with Gasteiger partial charge in [0.25, 0.3) is 0 Å². The molecule has 0 bridgehead atoms. The normalized spacial score (nSPS) is 16.4. The van der Waals surface area contributed by atoms with E-state index in [1.165, 1.54) is 0 Å². The SMILES string of the molecule is CC(C)C(N)C(N)c1ccsc1. The summed E-state index contributed by atoms with van der Waals surface area (Å²) in [6.45, 7) is 4.19. The number of nitrogens with two attached hydrogens (primary N) is 2. The summed E-state index contributed by atoms with van der Waals surface area (Å²) < 4.78 is 0. The molecule has 0 saturated carbocycles. The first-order valence-corrected chi connectivity index (χ1v) is 5.10. The third-order valence-corrected chi connectivity index (χ3v) is 2.81. The number of hydrogen-bond acceptors (Lipinski definition) is 3. The fourth-order valence-electron chi connectivity index (χ4n) is 1.10. The molecule has 1 aromatic rings. The van der Waals surface area contributed by atoms with Gasteiger partial charge < -0.3 is 11.5 Å². The zero-order valence-corrected chi connectivity index (χ0v) is 8.34. The van der Waals surface area contributed by atoms with E-state index in [4.69, 9.17) is 11.5 Å². The second kappa shape index (κ2) is 4.03. The van der Waals surface area contributed by atoms with Crippen LogP contribution in [0.1, 0.15) is 25.5 Å². The zero-order chi connectivity index (χ0) is 9.14. The molecule has 0 aliphatic rings. The highest BCUT2D eigenvalue weighted by atomic mass is 32.1. The van der Waals surface area contributed by atoms with E-state index in [0.29, 0.717) is 5.92 Å². The van der Waals surface area contributed by atoms with Gasteiger partial charge in [0.1, 0.15) is 0 Å². The van der Waals surface area contributed by atoms with Gasteiger partial charge in [-0.2, -0.15) is 11.3 Å². The maximum atomic E-state index is 5.97. The Bertz CT molecular complexity index is 218. The average molecular weight is 184 g/mol. The Balaban J connectivity index is 2.65. The van der Waals surface area contributed by atoms with Gasteiger partial charge in [-0.15, -0.1) is 0 Å². The first-order valence-electron chi connectivity index (χ1n) is 4.16. The van der Waals surface area contributed by atoms with E-state index in [2.05, 4.69) is 19.2 Å². The van der Waals surface area contributed by atoms with Crippen molar-refractivity contribution >= 4 is 11.3 Å². The lowest BCUT2D eigenvalue weighted by Gasteiger charge is -2.22. The second-order valence-corrected chi connectivity index (χ2v) is 4.18. The van der Waals surface area contributed by atoms with Gasteiger partial charge in [0, 0.05) is 12.1 Å². The van der Waals surface area contributed by atoms with E-state index in [1.807, 2.05) is 11.4 Å². The van der Waals surface area contributed by atoms with Gasteiger partial charge in [0.15, 0.2) is 0 Å². The number of rotatable bonds is 3. The number of thiophene rings is 1. The predicted molar refractivity (Wildman–Crippen MR) is 54.1 cm³/mol. The third kappa shape index (κ3) is 2.06. The molecular weight excluding hydrogens is 168 g/mol. The smallest absolute Gasteiger partial charge is 0.0459 e. The van der Waals surface area contributed by atoms with E-state index in [0.717, 1.165) is 5.56 Å². The maximum absolute atomic E-state index is 5.97. The highest BCUT2D eigenvalue weighted by Crippen LogP contribution is 2.19. The zero-order valence-electron chi connectivity index (χ0n) is 7.53. The fourth-order valence-corrected chi connectivity index (χ4v) is 1.81. The van der Waals surface area contributed by atoms with E-state index in [-0.39, 0.29) is 12.1 Å². The second-order valence-electron chi connectivity index (χ2n) is 3.40. The molecule has 0 fully saturated rings. The minimum Gasteiger partial charge on any atom is -0.326 e. The summed E-state index contributed by atoms with van der Waals surface area (Å²) in [5.74, 6) is 0.430. The van der Waals surface area contributed by atoms with Crippen molar-refractivity contribution in [3.05, 3.63) is 22.4 Å². The summed E-state index contributed by atoms with van der Waals surface area (Å²) in [5, 5.41) is 4.09. The van der Waals surface area contributed by atoms with Crippen molar-refractivity contribution in [3.8, 4) is 0 Å². The molecule has 0 spiro atoms. The van der Waals surface area contributed by atoms with Crippen LogP contribution in [0.4, 0.5) is 0 Å². The van der Waals surface area contributed by atoms with E-state index >= 15 is 0 Å². The Morgan fingerprint density at radius 1 is 1.33 bits per heavy atom. The summed E-state index contributed by atoms with van der Waals surface area (Å²) >= 11 is 1.66. The van der Waals surface area contributed by atoms with Crippen LogP contribution in [0.15, 0.2) is 16.8 Å². The van der Waals surface area contributed by atoms with E-state index in [9.17, 15) is 0 Å². The van der Waals surface area contributed by atoms with Crippen LogP contribution < -0.4 is 11.5 Å². The quantitative estimate of drug-likeness (QED) is 0.751. The molecule has 0 amide bonds. The summed E-state index contributed by atoms with van der Waals surface area (Å²) in [6, 6.07) is 2.08. The van der Waals surface area contributed by atoms with Gasteiger partial charge in [-0.1, -0.05) is 13.8 Å². The largest absolute Gasteiger partial charge is 0.326 e. The summed E-state index contributed by atoms with van der Waals surface area (Å²) in [4.78, 5) is 0. The lowest BCUT2D eigenvalue weighted by Crippen LogP contribution is -2.38. The predicted octanol–water partition coefficient (Wildman–Crippen LogP) is 1.73. The molecule has 0 aromatic carbocycles. The lowest BCUT2D eigenvalue weighted by molar-refractivity contribution is 0.424. The van der Waals surface area contributed by atoms with Gasteiger partial charge >= 0.3 is 0 Å². The van der Waals surface area contributed by atoms with Gasteiger partial charge in [-0.25, -0.2) is 0 Å². The Hall–Kier alpha value is -0.380. The van der Waals surface area contributed by atoms with Crippen LogP contribution in [-0.2, 0) is 0 Å². The summed E-state index contributed by atoms with van der Waals surface area (Å²) in [7, 11) is 0. The van der Waals surface area contributed by atoms with Crippen molar-refractivity contribution in [1.82, 2.24) is 0 Å². The molecule has 2 nitrogen and oxygen atoms in total. The molecular formula is C9H16N2S. The molecule has 0 radical (unpaired) electrons. The summed E-state index contributed by atoms with van der Waals surface area (Å²) in [5.41, 5.74) is 13.1. The topological polar surface area (TPSA) is 52.0 Å². The molecule has 2 unspecified atom stereocenters. The first-order chi connectivity index (χ1) is 5.63. The van der Waals surface area contributed by atoms with Crippen LogP contribution in [-0.4, -0.2) is 6.04 Å². The highest BCUT2D eigenvalue weighted by molar-refractivity contribution is 7.07. The number of hydrogen-bond donors (Lipinski definition) is 2. The van der Waals surface area contributed by atoms with Gasteiger partial charge in [-0.05, 0) is 28.3 Å². The summed E-state index contributed by atoms with van der Waals surface area (Å²) in [6.07, 6.45) is 0. The van der Waals surface area contributed by atoms with Crippen molar-refractivity contribution in [2.24, 2.45) is 17.4 Å². The fraction of sp³-hybridized carbons (Fsp3) is 0.556. The monoisotopic (exact) mass is 184 g/mol. The van der Waals surface area contributed by atoms with Crippen molar-refractivity contribution in [3.63, 3.8) is 0 Å². The third-order valence-electron chi connectivity index (χ3n) is 2.11. The minimum atomic E-state index is -0.0174. The minimum absolute atomic E-state index is 0.0174. The highest BCUT2D eigenvalue weighted by Gasteiger charge is 2.18. The molecule has 1 aromatic heterocycles. The molecule has 0 aliphatic heterocycles. The molecule has 3 heteroatoms. The molecule has 12 heavy (non-hydrogen) atoms. The van der Waals surface area contributed by atoms with E-state index in [1.54, 1.807) is 11.3 Å². The average Bonchev–Trinajstić information content (AvgIpc) is 2.53. The molecule has 1 rings (SSSR count). The molecule has 2 atom stereocenters. The van der Waals surface area contributed by atoms with Crippen LogP contribution in [0.3, 0.4) is 0 Å². The lowest BCUT2D eigenvalue weighted by atomic mass is 9.94. The van der Waals surface area contributed by atoms with Crippen LogP contribution in [0.5, 0.6) is 0 Å². The van der Waals surface area contributed by atoms with Crippen LogP contribution in [0.25, 0.3) is 0 Å². The van der Waals surface area contributed by atoms with Crippen molar-refractivity contribution in [2.45, 2.75) is 25.9 Å². The first kappa shape index (κ1) is 9.71. The van der Waals surface area contributed by atoms with Crippen molar-refractivity contribution in [1.29, 1.82) is 0 Å². The Morgan fingerprint density at radius 3 is 2.42 bits per heavy atom.